The molecule has 2 heterocycles. The van der Waals surface area contributed by atoms with Gasteiger partial charge in [0.1, 0.15) is 12.2 Å². The Morgan fingerprint density at radius 3 is 2.36 bits per heavy atom. The molecule has 2 amide bonds. The number of carbonyl (C=O) groups is 1. The number of aliphatic hydroxyl groups excluding tert-OH is 5. The Morgan fingerprint density at radius 2 is 1.62 bits per heavy atom. The van der Waals surface area contributed by atoms with E-state index in [1.54, 1.807) is 23.5 Å². The van der Waals surface area contributed by atoms with Crippen molar-refractivity contribution in [1.29, 1.82) is 0 Å². The highest BCUT2D eigenvalue weighted by atomic mass is 32.2. The molecule has 2 aliphatic rings. The number of aliphatic hydroxyl groups is 5. The number of para-hydroxylation sites is 1. The van der Waals surface area contributed by atoms with Gasteiger partial charge in [-0.1, -0.05) is 25.1 Å². The van der Waals surface area contributed by atoms with Crippen LogP contribution < -0.4 is 21.3 Å². The average Bonchev–Trinajstić information content (AvgIpc) is 2.92. The van der Waals surface area contributed by atoms with Gasteiger partial charge in [-0.05, 0) is 36.5 Å². The van der Waals surface area contributed by atoms with E-state index in [1.165, 1.54) is 0 Å². The third-order valence-corrected chi connectivity index (χ3v) is 9.15. The Hall–Kier alpha value is -1.13. The minimum Gasteiger partial charge on any atom is -0.389 e. The number of benzene rings is 1. The maximum atomic E-state index is 11.9. The molecular weight excluding hydrogens is 544 g/mol. The van der Waals surface area contributed by atoms with Gasteiger partial charge in [-0.2, -0.15) is 23.5 Å². The molecule has 1 aromatic carbocycles. The molecule has 9 atom stereocenters. The molecule has 9 N–H and O–H groups in total. The Balaban J connectivity index is 1.27. The first-order chi connectivity index (χ1) is 18.8. The van der Waals surface area contributed by atoms with Crippen LogP contribution in [0.3, 0.4) is 0 Å². The smallest absolute Gasteiger partial charge is 0.319 e. The van der Waals surface area contributed by atoms with Gasteiger partial charge in [0, 0.05) is 48.4 Å². The molecule has 2 saturated heterocycles. The largest absolute Gasteiger partial charge is 0.389 e. The van der Waals surface area contributed by atoms with Crippen LogP contribution in [0.15, 0.2) is 30.3 Å². The van der Waals surface area contributed by atoms with Gasteiger partial charge in [0.2, 0.25) is 0 Å². The van der Waals surface area contributed by atoms with Crippen LogP contribution in [0.2, 0.25) is 0 Å². The zero-order valence-electron chi connectivity index (χ0n) is 22.3. The Kier molecular flexibility index (Phi) is 14.1. The van der Waals surface area contributed by atoms with Crippen LogP contribution in [0.25, 0.3) is 0 Å². The summed E-state index contributed by atoms with van der Waals surface area (Å²) in [5, 5.41) is 62.8. The molecule has 3 rings (SSSR count). The molecule has 39 heavy (non-hydrogen) atoms. The number of thioether (sulfide) groups is 2. The van der Waals surface area contributed by atoms with Crippen molar-refractivity contribution in [2.24, 2.45) is 0 Å². The minimum atomic E-state index is -1.14. The highest BCUT2D eigenvalue weighted by Crippen LogP contribution is 2.22. The summed E-state index contributed by atoms with van der Waals surface area (Å²) in [6, 6.07) is 8.55. The first-order valence-electron chi connectivity index (χ1n) is 13.5. The van der Waals surface area contributed by atoms with Crippen LogP contribution in [0.4, 0.5) is 10.5 Å². The molecule has 2 aliphatic heterocycles. The average molecular weight is 589 g/mol. The van der Waals surface area contributed by atoms with E-state index in [0.29, 0.717) is 32.5 Å². The predicted octanol–water partition coefficient (Wildman–Crippen LogP) is -0.423. The molecule has 0 spiro atoms. The number of urea groups is 1. The number of anilines is 1. The molecule has 0 aliphatic carbocycles. The monoisotopic (exact) mass is 588 g/mol. The second-order valence-corrected chi connectivity index (χ2v) is 12.8. The lowest BCUT2D eigenvalue weighted by molar-refractivity contribution is -0.127. The van der Waals surface area contributed by atoms with E-state index >= 15 is 0 Å². The number of nitrogens with one attached hydrogen (secondary N) is 4. The van der Waals surface area contributed by atoms with Gasteiger partial charge >= 0.3 is 6.03 Å². The number of carbonyl (C=O) groups excluding carboxylic acids is 1. The predicted molar refractivity (Wildman–Crippen MR) is 155 cm³/mol. The number of β-amino-alcohol motifs (C(OH)–C–C–N with tert-alkyl or cyclic N) is 2. The summed E-state index contributed by atoms with van der Waals surface area (Å²) in [7, 11) is 0. The normalized spacial score (nSPS) is 31.9. The second-order valence-electron chi connectivity index (χ2n) is 10.1. The Labute approximate surface area is 238 Å². The van der Waals surface area contributed by atoms with Crippen LogP contribution in [0.5, 0.6) is 0 Å². The van der Waals surface area contributed by atoms with Crippen LogP contribution >= 0.6 is 23.5 Å². The summed E-state index contributed by atoms with van der Waals surface area (Å²) in [5.41, 5.74) is 0.741. The van der Waals surface area contributed by atoms with Crippen molar-refractivity contribution in [3.63, 3.8) is 0 Å². The van der Waals surface area contributed by atoms with Crippen molar-refractivity contribution in [3.8, 4) is 0 Å². The molecular formula is C26H44N4O7S2. The van der Waals surface area contributed by atoms with Crippen molar-refractivity contribution in [2.75, 3.05) is 48.8 Å². The maximum Gasteiger partial charge on any atom is 0.319 e. The Bertz CT molecular complexity index is 846. The molecule has 0 radical (unpaired) electrons. The van der Waals surface area contributed by atoms with Crippen LogP contribution in [0, 0.1) is 0 Å². The van der Waals surface area contributed by atoms with Crippen LogP contribution in [-0.4, -0.2) is 129 Å². The fraction of sp³-hybridized carbons (Fsp3) is 0.731. The SMILES string of the molecule is CC(CO[C@@H]1[C@@H](O)[C@@H](CCSCCNC(=O)Nc2ccccc2)NC[C@H]1O)SCC[C@H]1NC[C@@H](O)[C@H](O)[C@H]1O. The summed E-state index contributed by atoms with van der Waals surface area (Å²) in [6.45, 7) is 3.50. The topological polar surface area (TPSA) is 176 Å². The molecule has 222 valence electrons. The quantitative estimate of drug-likeness (QED) is 0.129. The first kappa shape index (κ1) is 32.4. The summed E-state index contributed by atoms with van der Waals surface area (Å²) >= 11 is 3.34. The second kappa shape index (κ2) is 17.0. The summed E-state index contributed by atoms with van der Waals surface area (Å²) in [6.07, 6.45) is -4.09. The van der Waals surface area contributed by atoms with E-state index in [-0.39, 0.29) is 29.9 Å². The molecule has 2 fully saturated rings. The van der Waals surface area contributed by atoms with Crippen molar-refractivity contribution >= 4 is 35.2 Å². The van der Waals surface area contributed by atoms with Gasteiger partial charge in [0.25, 0.3) is 0 Å². The fourth-order valence-corrected chi connectivity index (χ4v) is 6.48. The van der Waals surface area contributed by atoms with Crippen molar-refractivity contribution in [3.05, 3.63) is 30.3 Å². The van der Waals surface area contributed by atoms with Gasteiger partial charge in [-0.15, -0.1) is 0 Å². The lowest BCUT2D eigenvalue weighted by atomic mass is 9.94. The van der Waals surface area contributed by atoms with E-state index in [9.17, 15) is 30.3 Å². The van der Waals surface area contributed by atoms with E-state index in [1.807, 2.05) is 37.3 Å². The van der Waals surface area contributed by atoms with E-state index in [2.05, 4.69) is 21.3 Å². The highest BCUT2D eigenvalue weighted by molar-refractivity contribution is 7.99. The van der Waals surface area contributed by atoms with Crippen molar-refractivity contribution in [1.82, 2.24) is 16.0 Å². The Morgan fingerprint density at radius 1 is 0.949 bits per heavy atom. The zero-order valence-corrected chi connectivity index (χ0v) is 23.9. The van der Waals surface area contributed by atoms with Gasteiger partial charge < -0.3 is 51.5 Å². The molecule has 1 aromatic rings. The molecule has 1 unspecified atom stereocenters. The fourth-order valence-electron chi connectivity index (χ4n) is 4.64. The van der Waals surface area contributed by atoms with Gasteiger partial charge in [-0.25, -0.2) is 4.79 Å². The third kappa shape index (κ3) is 10.7. The lowest BCUT2D eigenvalue weighted by Gasteiger charge is -2.39. The lowest BCUT2D eigenvalue weighted by Crippen LogP contribution is -2.60. The van der Waals surface area contributed by atoms with E-state index in [4.69, 9.17) is 4.74 Å². The number of hydrogen-bond acceptors (Lipinski definition) is 11. The maximum absolute atomic E-state index is 11.9. The van der Waals surface area contributed by atoms with Crippen LogP contribution in [0.1, 0.15) is 19.8 Å². The number of rotatable bonds is 14. The minimum absolute atomic E-state index is 0.108. The summed E-state index contributed by atoms with van der Waals surface area (Å²) in [5.74, 6) is 2.26. The summed E-state index contributed by atoms with van der Waals surface area (Å²) < 4.78 is 5.95. The molecule has 0 aromatic heterocycles. The molecule has 11 nitrogen and oxygen atoms in total. The number of piperidine rings is 2. The third-order valence-electron chi connectivity index (χ3n) is 6.95. The number of amides is 2. The molecule has 0 saturated carbocycles. The standard InChI is InChI=1S/C26H44N4O7S2/c1-16(39-11-8-18-22(33)24(35)20(31)13-28-18)15-37-25-21(32)14-29-19(23(25)34)7-10-38-12-9-27-26(36)30-17-5-3-2-4-6-17/h2-6,16,18-25,28-29,31-35H,7-15H2,1H3,(H2,27,30,36)/t16?,18-,19-,20-,21-,22+,23+,24+,25+/m1/s1. The van der Waals surface area contributed by atoms with Gasteiger partial charge in [0.05, 0.1) is 31.0 Å². The molecule has 13 heteroatoms. The molecule has 0 bridgehead atoms. The van der Waals surface area contributed by atoms with Gasteiger partial charge in [-0.3, -0.25) is 0 Å². The zero-order chi connectivity index (χ0) is 28.2. The highest BCUT2D eigenvalue weighted by Gasteiger charge is 2.38. The number of ether oxygens (including phenoxy) is 1. The van der Waals surface area contributed by atoms with Gasteiger partial charge in [0.15, 0.2) is 0 Å². The number of hydrogen-bond donors (Lipinski definition) is 9. The van der Waals surface area contributed by atoms with E-state index in [0.717, 1.165) is 22.9 Å². The van der Waals surface area contributed by atoms with Crippen molar-refractivity contribution < 1.29 is 35.1 Å². The van der Waals surface area contributed by atoms with E-state index < -0.39 is 36.6 Å². The van der Waals surface area contributed by atoms with Crippen LogP contribution in [-0.2, 0) is 4.74 Å². The summed E-state index contributed by atoms with van der Waals surface area (Å²) in [4.78, 5) is 11.9. The van der Waals surface area contributed by atoms with Crippen molar-refractivity contribution in [2.45, 2.75) is 73.7 Å². The first-order valence-corrected chi connectivity index (χ1v) is 15.7.